The molecule has 0 bridgehead atoms. The Kier molecular flexibility index (Phi) is 10.7. The van der Waals surface area contributed by atoms with E-state index in [4.69, 9.17) is 28.9 Å². The molecule has 44 heavy (non-hydrogen) atoms. The summed E-state index contributed by atoms with van der Waals surface area (Å²) in [6, 6.07) is 27.0. The van der Waals surface area contributed by atoms with Crippen molar-refractivity contribution >= 4 is 56.6 Å². The van der Waals surface area contributed by atoms with Crippen molar-refractivity contribution < 1.29 is 13.8 Å². The number of likely N-dealkylation sites (tertiary alicyclic amines) is 1. The molecule has 230 valence electrons. The van der Waals surface area contributed by atoms with Crippen molar-refractivity contribution in [2.75, 3.05) is 39.0 Å². The highest BCUT2D eigenvalue weighted by Crippen LogP contribution is 2.33. The van der Waals surface area contributed by atoms with Gasteiger partial charge in [0, 0.05) is 29.2 Å². The number of nitrogens with zero attached hydrogens (tertiary/aromatic N) is 2. The lowest BCUT2D eigenvalue weighted by Gasteiger charge is -2.34. The Morgan fingerprint density at radius 3 is 2.39 bits per heavy atom. The van der Waals surface area contributed by atoms with Crippen LogP contribution in [0.3, 0.4) is 0 Å². The highest BCUT2D eigenvalue weighted by Gasteiger charge is 2.27. The van der Waals surface area contributed by atoms with E-state index in [1.54, 1.807) is 23.3 Å². The van der Waals surface area contributed by atoms with Crippen LogP contribution in [-0.4, -0.2) is 64.8 Å². The van der Waals surface area contributed by atoms with Gasteiger partial charge in [-0.1, -0.05) is 83.9 Å². The van der Waals surface area contributed by atoms with Crippen LogP contribution >= 0.6 is 23.2 Å². The van der Waals surface area contributed by atoms with Crippen LogP contribution in [0.25, 0.3) is 10.8 Å². The van der Waals surface area contributed by atoms with E-state index < -0.39 is 16.7 Å². The summed E-state index contributed by atoms with van der Waals surface area (Å²) in [4.78, 5) is 31.1. The summed E-state index contributed by atoms with van der Waals surface area (Å²) in [6.45, 7) is 2.76. The lowest BCUT2D eigenvalue weighted by atomic mass is 9.88. The van der Waals surface area contributed by atoms with Crippen LogP contribution < -0.4 is 5.73 Å². The highest BCUT2D eigenvalue weighted by molar-refractivity contribution is 7.84. The Bertz CT molecular complexity index is 1670. The fraction of sp³-hybridized carbons (Fsp3) is 0.314. The van der Waals surface area contributed by atoms with Crippen molar-refractivity contribution in [1.29, 1.82) is 0 Å². The van der Waals surface area contributed by atoms with Gasteiger partial charge in [0.15, 0.2) is 0 Å². The number of halogens is 2. The Hall–Kier alpha value is -3.23. The van der Waals surface area contributed by atoms with Crippen molar-refractivity contribution in [2.45, 2.75) is 36.0 Å². The number of nitrogens with two attached hydrogens (primary N) is 1. The summed E-state index contributed by atoms with van der Waals surface area (Å²) in [5, 5.41) is 2.70. The quantitative estimate of drug-likeness (QED) is 0.192. The molecular weight excluding hydrogens is 613 g/mol. The van der Waals surface area contributed by atoms with Crippen LogP contribution in [0.5, 0.6) is 0 Å². The molecule has 5 rings (SSSR count). The number of rotatable bonds is 11. The molecule has 0 spiro atoms. The molecule has 4 aromatic rings. The second kappa shape index (κ2) is 14.7. The third kappa shape index (κ3) is 7.70. The monoisotopic (exact) mass is 649 g/mol. The van der Waals surface area contributed by atoms with Crippen molar-refractivity contribution in [3.05, 3.63) is 112 Å². The van der Waals surface area contributed by atoms with Gasteiger partial charge >= 0.3 is 0 Å². The van der Waals surface area contributed by atoms with Crippen molar-refractivity contribution in [3.8, 4) is 0 Å². The SMILES string of the molecule is C[S@](=O)c1ccccc1C1CCN(CCC(CN(CC(N)=O)C(=O)c2cccc3ccccc23)c2ccc(Cl)c(Cl)c2)CC1. The maximum Gasteiger partial charge on any atom is 0.254 e. The second-order valence-electron chi connectivity index (χ2n) is 11.4. The summed E-state index contributed by atoms with van der Waals surface area (Å²) in [6.07, 6.45) is 4.46. The summed E-state index contributed by atoms with van der Waals surface area (Å²) in [5.74, 6) is -0.536. The van der Waals surface area contributed by atoms with Crippen LogP contribution in [0.2, 0.25) is 10.0 Å². The first-order valence-corrected chi connectivity index (χ1v) is 17.2. The lowest BCUT2D eigenvalue weighted by molar-refractivity contribution is -0.118. The van der Waals surface area contributed by atoms with Gasteiger partial charge in [-0.2, -0.15) is 0 Å². The number of hydrogen-bond donors (Lipinski definition) is 1. The predicted molar refractivity (Wildman–Crippen MR) is 180 cm³/mol. The third-order valence-electron chi connectivity index (χ3n) is 8.56. The maximum absolute atomic E-state index is 14.0. The normalized spacial score (nSPS) is 15.6. The van der Waals surface area contributed by atoms with Crippen molar-refractivity contribution in [1.82, 2.24) is 9.80 Å². The van der Waals surface area contributed by atoms with Crippen LogP contribution in [0.1, 0.15) is 52.6 Å². The minimum Gasteiger partial charge on any atom is -0.368 e. The number of primary amides is 1. The first-order valence-electron chi connectivity index (χ1n) is 14.9. The smallest absolute Gasteiger partial charge is 0.254 e. The number of fused-ring (bicyclic) bond motifs is 1. The molecular formula is C35H37Cl2N3O3S. The summed E-state index contributed by atoms with van der Waals surface area (Å²) in [7, 11) is -1.02. The molecule has 4 aromatic carbocycles. The fourth-order valence-electron chi connectivity index (χ4n) is 6.27. The number of piperidine rings is 1. The van der Waals surface area contributed by atoms with Gasteiger partial charge in [-0.25, -0.2) is 0 Å². The Balaban J connectivity index is 1.34. The van der Waals surface area contributed by atoms with Crippen LogP contribution in [0.15, 0.2) is 89.8 Å². The first-order chi connectivity index (χ1) is 21.2. The van der Waals surface area contributed by atoms with E-state index in [1.165, 1.54) is 5.56 Å². The van der Waals surface area contributed by atoms with Gasteiger partial charge in [0.1, 0.15) is 0 Å². The lowest BCUT2D eigenvalue weighted by Crippen LogP contribution is -2.42. The summed E-state index contributed by atoms with van der Waals surface area (Å²) < 4.78 is 12.3. The number of hydrogen-bond acceptors (Lipinski definition) is 4. The van der Waals surface area contributed by atoms with E-state index >= 15 is 0 Å². The third-order valence-corrected chi connectivity index (χ3v) is 10.3. The largest absolute Gasteiger partial charge is 0.368 e. The minimum atomic E-state index is -1.02. The Labute approximate surface area is 271 Å². The van der Waals surface area contributed by atoms with Gasteiger partial charge in [-0.3, -0.25) is 13.8 Å². The molecule has 1 aliphatic rings. The molecule has 0 radical (unpaired) electrons. The van der Waals surface area contributed by atoms with Gasteiger partial charge in [-0.05, 0) is 91.0 Å². The van der Waals surface area contributed by atoms with Crippen LogP contribution in [0.4, 0.5) is 0 Å². The molecule has 0 saturated carbocycles. The maximum atomic E-state index is 14.0. The van der Waals surface area contributed by atoms with Gasteiger partial charge in [-0.15, -0.1) is 0 Å². The molecule has 2 amide bonds. The zero-order chi connectivity index (χ0) is 31.2. The molecule has 1 saturated heterocycles. The molecule has 6 nitrogen and oxygen atoms in total. The summed E-state index contributed by atoms with van der Waals surface area (Å²) in [5.41, 5.74) is 8.34. The molecule has 0 aliphatic carbocycles. The van der Waals surface area contributed by atoms with E-state index in [1.807, 2.05) is 66.7 Å². The molecule has 1 aliphatic heterocycles. The zero-order valence-electron chi connectivity index (χ0n) is 24.8. The Morgan fingerprint density at radius 2 is 1.66 bits per heavy atom. The Morgan fingerprint density at radius 1 is 0.955 bits per heavy atom. The van der Waals surface area contributed by atoms with Crippen molar-refractivity contribution in [3.63, 3.8) is 0 Å². The average Bonchev–Trinajstić information content (AvgIpc) is 3.03. The van der Waals surface area contributed by atoms with E-state index in [9.17, 15) is 13.8 Å². The predicted octanol–water partition coefficient (Wildman–Crippen LogP) is 6.87. The number of amides is 2. The molecule has 1 heterocycles. The molecule has 1 fully saturated rings. The topological polar surface area (TPSA) is 83.7 Å². The number of carbonyl (C=O) groups excluding carboxylic acids is 2. The number of benzene rings is 4. The molecule has 2 N–H and O–H groups in total. The molecule has 0 aromatic heterocycles. The van der Waals surface area contributed by atoms with Crippen LogP contribution in [-0.2, 0) is 15.6 Å². The summed E-state index contributed by atoms with van der Waals surface area (Å²) >= 11 is 12.7. The molecule has 1 unspecified atom stereocenters. The van der Waals surface area contributed by atoms with Gasteiger partial charge in [0.25, 0.3) is 5.91 Å². The molecule has 2 atom stereocenters. The fourth-order valence-corrected chi connectivity index (χ4v) is 7.41. The van der Waals surface area contributed by atoms with E-state index in [0.717, 1.165) is 60.1 Å². The first kappa shape index (κ1) is 32.2. The minimum absolute atomic E-state index is 0.107. The van der Waals surface area contributed by atoms with E-state index in [2.05, 4.69) is 11.0 Å². The van der Waals surface area contributed by atoms with Gasteiger partial charge < -0.3 is 15.5 Å². The van der Waals surface area contributed by atoms with Gasteiger partial charge in [0.05, 0.1) is 27.4 Å². The van der Waals surface area contributed by atoms with Crippen LogP contribution in [0, 0.1) is 0 Å². The van der Waals surface area contributed by atoms with Gasteiger partial charge in [0.2, 0.25) is 5.91 Å². The van der Waals surface area contributed by atoms with E-state index in [-0.39, 0.29) is 18.4 Å². The average molecular weight is 651 g/mol. The zero-order valence-corrected chi connectivity index (χ0v) is 27.1. The highest BCUT2D eigenvalue weighted by atomic mass is 35.5. The standard InChI is InChI=1S/C35H37Cl2N3O3S/c1-44(43)33-12-5-4-10-29(33)25-15-18-39(19-16-25)20-17-27(26-13-14-31(36)32(37)21-26)22-40(23-34(38)41)35(42)30-11-6-8-24-7-2-3-9-28(24)30/h2-14,21,25,27H,15-20,22-23H2,1H3,(H2,38,41)/t27?,44-/m0/s1. The van der Waals surface area contributed by atoms with E-state index in [0.29, 0.717) is 28.1 Å². The second-order valence-corrected chi connectivity index (χ2v) is 13.6. The van der Waals surface area contributed by atoms with Crippen molar-refractivity contribution in [2.24, 2.45) is 5.73 Å². The number of carbonyl (C=O) groups is 2. The molecule has 9 heteroatoms.